The van der Waals surface area contributed by atoms with Crippen LogP contribution < -0.4 is 0 Å². The van der Waals surface area contributed by atoms with Crippen molar-refractivity contribution in [2.24, 2.45) is 0 Å². The van der Waals surface area contributed by atoms with Crippen molar-refractivity contribution in [1.29, 1.82) is 0 Å². The van der Waals surface area contributed by atoms with Gasteiger partial charge in [0.25, 0.3) is 0 Å². The maximum Gasteiger partial charge on any atom is 0.323 e. The third-order valence-electron chi connectivity index (χ3n) is 2.53. The molecule has 110 valence electrons. The van der Waals surface area contributed by atoms with E-state index in [1.165, 1.54) is 11.0 Å². The van der Waals surface area contributed by atoms with Gasteiger partial charge in [-0.15, -0.1) is 6.58 Å². The SMILES string of the molecule is C=CCN(CC(=O)O)C(=O)N(CCC)CCN(C)C. The van der Waals surface area contributed by atoms with E-state index in [-0.39, 0.29) is 19.1 Å². The lowest BCUT2D eigenvalue weighted by Gasteiger charge is -2.29. The van der Waals surface area contributed by atoms with Gasteiger partial charge in [0.2, 0.25) is 0 Å². The summed E-state index contributed by atoms with van der Waals surface area (Å²) in [6, 6.07) is -0.244. The number of carbonyl (C=O) groups excluding carboxylic acids is 1. The molecular weight excluding hydrogens is 246 g/mol. The topological polar surface area (TPSA) is 64.1 Å². The summed E-state index contributed by atoms with van der Waals surface area (Å²) in [4.78, 5) is 28.0. The van der Waals surface area contributed by atoms with Crippen LogP contribution in [-0.2, 0) is 4.79 Å². The molecule has 0 bridgehead atoms. The first kappa shape index (κ1) is 17.4. The highest BCUT2D eigenvalue weighted by Gasteiger charge is 2.21. The van der Waals surface area contributed by atoms with Crippen molar-refractivity contribution in [2.45, 2.75) is 13.3 Å². The molecule has 0 saturated heterocycles. The highest BCUT2D eigenvalue weighted by Crippen LogP contribution is 2.02. The third kappa shape index (κ3) is 7.46. The minimum atomic E-state index is -1.01. The Morgan fingerprint density at radius 1 is 1.16 bits per heavy atom. The fourth-order valence-corrected chi connectivity index (χ4v) is 1.62. The van der Waals surface area contributed by atoms with Crippen LogP contribution in [0.5, 0.6) is 0 Å². The van der Waals surface area contributed by atoms with Crippen LogP contribution in [0.1, 0.15) is 13.3 Å². The molecule has 0 unspecified atom stereocenters. The van der Waals surface area contributed by atoms with Crippen LogP contribution in [0.25, 0.3) is 0 Å². The Labute approximate surface area is 115 Å². The number of rotatable bonds is 9. The van der Waals surface area contributed by atoms with E-state index in [4.69, 9.17) is 5.11 Å². The Kier molecular flexibility index (Phi) is 8.61. The Balaban J connectivity index is 4.69. The predicted molar refractivity (Wildman–Crippen MR) is 75.2 cm³/mol. The molecule has 6 heteroatoms. The minimum Gasteiger partial charge on any atom is -0.480 e. The van der Waals surface area contributed by atoms with E-state index < -0.39 is 5.97 Å². The van der Waals surface area contributed by atoms with E-state index in [0.29, 0.717) is 13.1 Å². The number of hydrogen-bond acceptors (Lipinski definition) is 3. The number of hydrogen-bond donors (Lipinski definition) is 1. The molecule has 0 aliphatic carbocycles. The van der Waals surface area contributed by atoms with Gasteiger partial charge in [0.1, 0.15) is 6.54 Å². The van der Waals surface area contributed by atoms with Gasteiger partial charge in [0.15, 0.2) is 0 Å². The zero-order valence-corrected chi connectivity index (χ0v) is 12.1. The summed E-state index contributed by atoms with van der Waals surface area (Å²) in [6.07, 6.45) is 2.38. The van der Waals surface area contributed by atoms with E-state index in [1.54, 1.807) is 4.90 Å². The fourth-order valence-electron chi connectivity index (χ4n) is 1.62. The third-order valence-corrected chi connectivity index (χ3v) is 2.53. The molecule has 0 fully saturated rings. The van der Waals surface area contributed by atoms with Crippen molar-refractivity contribution in [3.8, 4) is 0 Å². The van der Waals surface area contributed by atoms with Gasteiger partial charge in [-0.3, -0.25) is 4.79 Å². The number of urea groups is 1. The second-order valence-corrected chi connectivity index (χ2v) is 4.64. The predicted octanol–water partition coefficient (Wildman–Crippen LogP) is 0.953. The number of carboxylic acid groups (broad SMARTS) is 1. The first-order valence-corrected chi connectivity index (χ1v) is 6.43. The first-order valence-electron chi connectivity index (χ1n) is 6.43. The number of amides is 2. The molecule has 0 aromatic heterocycles. The Morgan fingerprint density at radius 3 is 2.21 bits per heavy atom. The fraction of sp³-hybridized carbons (Fsp3) is 0.692. The van der Waals surface area contributed by atoms with E-state index in [1.807, 2.05) is 25.9 Å². The molecule has 0 heterocycles. The van der Waals surface area contributed by atoms with Gasteiger partial charge in [-0.25, -0.2) is 4.79 Å². The van der Waals surface area contributed by atoms with Crippen molar-refractivity contribution in [1.82, 2.24) is 14.7 Å². The van der Waals surface area contributed by atoms with E-state index in [0.717, 1.165) is 13.0 Å². The zero-order chi connectivity index (χ0) is 14.8. The van der Waals surface area contributed by atoms with Gasteiger partial charge < -0.3 is 19.8 Å². The van der Waals surface area contributed by atoms with Crippen LogP contribution >= 0.6 is 0 Å². The second-order valence-electron chi connectivity index (χ2n) is 4.64. The molecule has 0 aromatic rings. The largest absolute Gasteiger partial charge is 0.480 e. The molecule has 0 aliphatic rings. The van der Waals surface area contributed by atoms with E-state index in [9.17, 15) is 9.59 Å². The molecule has 2 amide bonds. The number of carboxylic acids is 1. The average Bonchev–Trinajstić information content (AvgIpc) is 2.32. The van der Waals surface area contributed by atoms with Gasteiger partial charge in [-0.05, 0) is 20.5 Å². The van der Waals surface area contributed by atoms with Gasteiger partial charge in [-0.2, -0.15) is 0 Å². The Morgan fingerprint density at radius 2 is 1.79 bits per heavy atom. The number of aliphatic carboxylic acids is 1. The van der Waals surface area contributed by atoms with Crippen LogP contribution in [0.15, 0.2) is 12.7 Å². The van der Waals surface area contributed by atoms with Gasteiger partial charge >= 0.3 is 12.0 Å². The van der Waals surface area contributed by atoms with Crippen LogP contribution in [0.2, 0.25) is 0 Å². The molecule has 6 nitrogen and oxygen atoms in total. The normalized spacial score (nSPS) is 10.3. The van der Waals surface area contributed by atoms with Crippen LogP contribution in [0, 0.1) is 0 Å². The summed E-state index contributed by atoms with van der Waals surface area (Å²) < 4.78 is 0. The lowest BCUT2D eigenvalue weighted by molar-refractivity contribution is -0.137. The summed E-state index contributed by atoms with van der Waals surface area (Å²) in [5.74, 6) is -1.01. The molecule has 19 heavy (non-hydrogen) atoms. The molecule has 0 spiro atoms. The summed E-state index contributed by atoms with van der Waals surface area (Å²) in [5, 5.41) is 8.83. The van der Waals surface area contributed by atoms with E-state index >= 15 is 0 Å². The molecule has 0 radical (unpaired) electrons. The summed E-state index contributed by atoms with van der Waals surface area (Å²) >= 11 is 0. The van der Waals surface area contributed by atoms with Crippen molar-refractivity contribution < 1.29 is 14.7 Å². The number of nitrogens with zero attached hydrogens (tertiary/aromatic N) is 3. The molecule has 0 aliphatic heterocycles. The van der Waals surface area contributed by atoms with Gasteiger partial charge in [0.05, 0.1) is 0 Å². The van der Waals surface area contributed by atoms with Crippen molar-refractivity contribution in [2.75, 3.05) is 46.8 Å². The monoisotopic (exact) mass is 271 g/mol. The highest BCUT2D eigenvalue weighted by atomic mass is 16.4. The maximum absolute atomic E-state index is 12.3. The molecule has 0 aromatic carbocycles. The van der Waals surface area contributed by atoms with Crippen LogP contribution in [0.4, 0.5) is 4.79 Å². The number of carbonyl (C=O) groups is 2. The van der Waals surface area contributed by atoms with Crippen molar-refractivity contribution >= 4 is 12.0 Å². The standard InChI is InChI=1S/C13H25N3O3/c1-5-7-15(10-9-14(3)4)13(19)16(8-6-2)11-12(17)18/h6H,2,5,7-11H2,1,3-4H3,(H,17,18). The number of likely N-dealkylation sites (N-methyl/N-ethyl adjacent to an activating group) is 1. The van der Waals surface area contributed by atoms with Gasteiger partial charge in [0, 0.05) is 26.2 Å². The summed E-state index contributed by atoms with van der Waals surface area (Å²) in [5.41, 5.74) is 0. The lowest BCUT2D eigenvalue weighted by atomic mass is 10.4. The molecule has 0 rings (SSSR count). The van der Waals surface area contributed by atoms with Crippen molar-refractivity contribution in [3.63, 3.8) is 0 Å². The second kappa shape index (κ2) is 9.38. The lowest BCUT2D eigenvalue weighted by Crippen LogP contribution is -2.47. The van der Waals surface area contributed by atoms with Crippen LogP contribution in [-0.4, -0.2) is 78.6 Å². The van der Waals surface area contributed by atoms with Crippen LogP contribution in [0.3, 0.4) is 0 Å². The smallest absolute Gasteiger partial charge is 0.323 e. The van der Waals surface area contributed by atoms with Crippen molar-refractivity contribution in [3.05, 3.63) is 12.7 Å². The summed E-state index contributed by atoms with van der Waals surface area (Å²) in [7, 11) is 3.88. The average molecular weight is 271 g/mol. The van der Waals surface area contributed by atoms with Gasteiger partial charge in [-0.1, -0.05) is 13.0 Å². The first-order chi connectivity index (χ1) is 8.92. The molecular formula is C13H25N3O3. The zero-order valence-electron chi connectivity index (χ0n) is 12.1. The summed E-state index contributed by atoms with van der Waals surface area (Å²) in [6.45, 7) is 7.46. The Bertz CT molecular complexity index is 306. The van der Waals surface area contributed by atoms with E-state index in [2.05, 4.69) is 6.58 Å². The molecule has 0 saturated carbocycles. The molecule has 0 atom stereocenters. The quantitative estimate of drug-likeness (QED) is 0.634. The maximum atomic E-state index is 12.3. The minimum absolute atomic E-state index is 0.243. The Hall–Kier alpha value is -1.56. The molecule has 1 N–H and O–H groups in total. The highest BCUT2D eigenvalue weighted by molar-refractivity contribution is 5.80.